The molecule has 1 atom stereocenters. The van der Waals surface area contributed by atoms with Crippen molar-refractivity contribution in [2.45, 2.75) is 37.9 Å². The highest BCUT2D eigenvalue weighted by molar-refractivity contribution is 5.07. The van der Waals surface area contributed by atoms with Crippen LogP contribution in [-0.4, -0.2) is 27.5 Å². The number of alkyl halides is 3. The summed E-state index contributed by atoms with van der Waals surface area (Å²) < 4.78 is 39.7. The van der Waals surface area contributed by atoms with Gasteiger partial charge in [0, 0.05) is 13.0 Å². The second-order valence-electron chi connectivity index (χ2n) is 3.90. The molecule has 0 bridgehead atoms. The van der Waals surface area contributed by atoms with Crippen molar-refractivity contribution in [2.24, 2.45) is 5.73 Å². The number of hydrogen-bond donors (Lipinski definition) is 1. The normalized spacial score (nSPS) is 20.9. The monoisotopic (exact) mass is 234 g/mol. The summed E-state index contributed by atoms with van der Waals surface area (Å²) in [5.41, 5.74) is 5.37. The third kappa shape index (κ3) is 1.91. The molecular weight excluding hydrogens is 221 g/mol. The van der Waals surface area contributed by atoms with Gasteiger partial charge in [-0.05, 0) is 19.4 Å². The summed E-state index contributed by atoms with van der Waals surface area (Å²) >= 11 is 0. The molecule has 0 saturated carbocycles. The molecule has 90 valence electrons. The Morgan fingerprint density at radius 1 is 1.38 bits per heavy atom. The van der Waals surface area contributed by atoms with E-state index in [1.807, 2.05) is 0 Å². The van der Waals surface area contributed by atoms with Crippen LogP contribution in [0.3, 0.4) is 0 Å². The molecule has 2 N–H and O–H groups in total. The molecule has 2 heterocycles. The second-order valence-corrected chi connectivity index (χ2v) is 3.90. The quantitative estimate of drug-likeness (QED) is 0.837. The number of nitrogens with zero attached hydrogens (tertiary/aromatic N) is 3. The Labute approximate surface area is 90.6 Å². The van der Waals surface area contributed by atoms with Gasteiger partial charge in [-0.15, -0.1) is 10.2 Å². The van der Waals surface area contributed by atoms with Gasteiger partial charge in [0.05, 0.1) is 0 Å². The summed E-state index contributed by atoms with van der Waals surface area (Å²) in [5.74, 6) is -0.867. The van der Waals surface area contributed by atoms with Crippen molar-refractivity contribution in [1.29, 1.82) is 0 Å². The number of hydrogen-bond acceptors (Lipinski definition) is 3. The molecule has 7 heteroatoms. The van der Waals surface area contributed by atoms with Crippen LogP contribution in [0.25, 0.3) is 0 Å². The number of nitrogens with two attached hydrogens (primary N) is 1. The van der Waals surface area contributed by atoms with Gasteiger partial charge in [0.15, 0.2) is 0 Å². The minimum Gasteiger partial charge on any atom is -0.330 e. The SMILES string of the molecule is NCCc1nnc2n1CCC[C@H]2C(F)(F)F. The van der Waals surface area contributed by atoms with Gasteiger partial charge in [-0.25, -0.2) is 0 Å². The van der Waals surface area contributed by atoms with Crippen LogP contribution >= 0.6 is 0 Å². The van der Waals surface area contributed by atoms with Crippen molar-refractivity contribution in [3.63, 3.8) is 0 Å². The van der Waals surface area contributed by atoms with Gasteiger partial charge < -0.3 is 10.3 Å². The minimum absolute atomic E-state index is 0.0437. The highest BCUT2D eigenvalue weighted by Gasteiger charge is 2.45. The lowest BCUT2D eigenvalue weighted by atomic mass is 9.98. The molecule has 1 aliphatic heterocycles. The summed E-state index contributed by atoms with van der Waals surface area (Å²) in [4.78, 5) is 0. The van der Waals surface area contributed by atoms with E-state index in [1.54, 1.807) is 4.57 Å². The summed E-state index contributed by atoms with van der Waals surface area (Å²) in [6.45, 7) is 0.930. The van der Waals surface area contributed by atoms with E-state index in [9.17, 15) is 13.2 Å². The van der Waals surface area contributed by atoms with E-state index in [0.29, 0.717) is 31.8 Å². The van der Waals surface area contributed by atoms with Crippen LogP contribution in [0.5, 0.6) is 0 Å². The Morgan fingerprint density at radius 3 is 2.75 bits per heavy atom. The van der Waals surface area contributed by atoms with Crippen LogP contribution < -0.4 is 5.73 Å². The van der Waals surface area contributed by atoms with Crippen molar-refractivity contribution in [3.05, 3.63) is 11.6 Å². The first-order valence-electron chi connectivity index (χ1n) is 5.23. The first-order chi connectivity index (χ1) is 7.54. The average molecular weight is 234 g/mol. The smallest absolute Gasteiger partial charge is 0.330 e. The first-order valence-corrected chi connectivity index (χ1v) is 5.23. The highest BCUT2D eigenvalue weighted by atomic mass is 19.4. The number of halogens is 3. The topological polar surface area (TPSA) is 56.7 Å². The van der Waals surface area contributed by atoms with Gasteiger partial charge in [0.25, 0.3) is 0 Å². The molecule has 4 nitrogen and oxygen atoms in total. The Kier molecular flexibility index (Phi) is 2.88. The standard InChI is InChI=1S/C9H13F3N4/c10-9(11,12)6-2-1-5-16-7(3-4-13)14-15-8(6)16/h6H,1-5,13H2/t6-/m1/s1. The molecule has 2 rings (SSSR count). The first kappa shape index (κ1) is 11.4. The summed E-state index contributed by atoms with van der Waals surface area (Å²) in [7, 11) is 0. The van der Waals surface area contributed by atoms with Crippen LogP contribution in [-0.2, 0) is 13.0 Å². The largest absolute Gasteiger partial charge is 0.398 e. The third-order valence-electron chi connectivity index (χ3n) is 2.81. The maximum Gasteiger partial charge on any atom is 0.398 e. The summed E-state index contributed by atoms with van der Waals surface area (Å²) in [6, 6.07) is 0. The van der Waals surface area contributed by atoms with E-state index >= 15 is 0 Å². The van der Waals surface area contributed by atoms with Crippen molar-refractivity contribution in [1.82, 2.24) is 14.8 Å². The van der Waals surface area contributed by atoms with Crippen molar-refractivity contribution < 1.29 is 13.2 Å². The molecule has 16 heavy (non-hydrogen) atoms. The minimum atomic E-state index is -4.23. The van der Waals surface area contributed by atoms with E-state index in [-0.39, 0.29) is 12.2 Å². The van der Waals surface area contributed by atoms with Gasteiger partial charge >= 0.3 is 6.18 Å². The molecule has 0 aromatic carbocycles. The number of fused-ring (bicyclic) bond motifs is 1. The third-order valence-corrected chi connectivity index (χ3v) is 2.81. The van der Waals surface area contributed by atoms with E-state index in [0.717, 1.165) is 0 Å². The van der Waals surface area contributed by atoms with Crippen LogP contribution in [0.15, 0.2) is 0 Å². The van der Waals surface area contributed by atoms with E-state index in [1.165, 1.54) is 0 Å². The van der Waals surface area contributed by atoms with Gasteiger partial charge in [-0.3, -0.25) is 0 Å². The lowest BCUT2D eigenvalue weighted by Gasteiger charge is -2.25. The summed E-state index contributed by atoms with van der Waals surface area (Å²) in [5, 5.41) is 7.44. The predicted molar refractivity (Wildman–Crippen MR) is 50.8 cm³/mol. The van der Waals surface area contributed by atoms with Crippen LogP contribution in [0.1, 0.15) is 30.4 Å². The molecule has 1 aromatic rings. The molecule has 0 fully saturated rings. The van der Waals surface area contributed by atoms with E-state index < -0.39 is 12.1 Å². The summed E-state index contributed by atoms with van der Waals surface area (Å²) in [6.07, 6.45) is -3.15. The average Bonchev–Trinajstić information content (AvgIpc) is 2.61. The molecule has 0 radical (unpaired) electrons. The fourth-order valence-electron chi connectivity index (χ4n) is 2.06. The van der Waals surface area contributed by atoms with E-state index in [2.05, 4.69) is 10.2 Å². The molecule has 0 saturated heterocycles. The number of rotatable bonds is 2. The maximum absolute atomic E-state index is 12.7. The Balaban J connectivity index is 2.33. The molecule has 0 aliphatic carbocycles. The maximum atomic E-state index is 12.7. The molecule has 0 spiro atoms. The van der Waals surface area contributed by atoms with Crippen LogP contribution in [0.4, 0.5) is 13.2 Å². The van der Waals surface area contributed by atoms with Crippen LogP contribution in [0.2, 0.25) is 0 Å². The Morgan fingerprint density at radius 2 is 2.12 bits per heavy atom. The fraction of sp³-hybridized carbons (Fsp3) is 0.778. The van der Waals surface area contributed by atoms with E-state index in [4.69, 9.17) is 5.73 Å². The van der Waals surface area contributed by atoms with Crippen LogP contribution in [0, 0.1) is 0 Å². The molecular formula is C9H13F3N4. The highest BCUT2D eigenvalue weighted by Crippen LogP contribution is 2.40. The zero-order valence-electron chi connectivity index (χ0n) is 8.67. The predicted octanol–water partition coefficient (Wildman–Crippen LogP) is 1.22. The second kappa shape index (κ2) is 4.04. The molecule has 1 aliphatic rings. The zero-order chi connectivity index (χ0) is 11.8. The van der Waals surface area contributed by atoms with Crippen molar-refractivity contribution in [2.75, 3.05) is 6.54 Å². The van der Waals surface area contributed by atoms with Gasteiger partial charge in [0.1, 0.15) is 17.6 Å². The number of aromatic nitrogens is 3. The molecule has 0 amide bonds. The Hall–Kier alpha value is -1.11. The van der Waals surface area contributed by atoms with Gasteiger partial charge in [0.2, 0.25) is 0 Å². The molecule has 0 unspecified atom stereocenters. The van der Waals surface area contributed by atoms with Crippen molar-refractivity contribution in [3.8, 4) is 0 Å². The molecule has 1 aromatic heterocycles. The zero-order valence-corrected chi connectivity index (χ0v) is 8.67. The lowest BCUT2D eigenvalue weighted by Crippen LogP contribution is -2.29. The van der Waals surface area contributed by atoms with Gasteiger partial charge in [-0.1, -0.05) is 0 Å². The lowest BCUT2D eigenvalue weighted by molar-refractivity contribution is -0.156. The van der Waals surface area contributed by atoms with Gasteiger partial charge in [-0.2, -0.15) is 13.2 Å². The van der Waals surface area contributed by atoms with Crippen molar-refractivity contribution >= 4 is 0 Å². The fourth-order valence-corrected chi connectivity index (χ4v) is 2.06. The Bertz CT molecular complexity index is 371.